The number of methoxy groups -OCH3 is 1. The molecule has 0 spiro atoms. The van der Waals surface area contributed by atoms with Gasteiger partial charge in [0.15, 0.2) is 11.5 Å². The van der Waals surface area contributed by atoms with Crippen LogP contribution in [0.15, 0.2) is 36.4 Å². The maximum Gasteiger partial charge on any atom is 0.180 e. The molecular formula is C20H26Cl3NO3. The van der Waals surface area contributed by atoms with E-state index in [1.807, 2.05) is 43.3 Å². The molecule has 0 heterocycles. The molecule has 2 aromatic rings. The minimum Gasteiger partial charge on any atom is -0.490 e. The highest BCUT2D eigenvalue weighted by atomic mass is 35.5. The molecule has 1 N–H and O–H groups in total. The second-order valence-corrected chi connectivity index (χ2v) is 6.56. The highest BCUT2D eigenvalue weighted by molar-refractivity contribution is 6.32. The fourth-order valence-electron chi connectivity index (χ4n) is 2.47. The lowest BCUT2D eigenvalue weighted by atomic mass is 10.2. The molecule has 0 amide bonds. The van der Waals surface area contributed by atoms with Gasteiger partial charge >= 0.3 is 0 Å². The lowest BCUT2D eigenvalue weighted by molar-refractivity contribution is 0.194. The summed E-state index contributed by atoms with van der Waals surface area (Å²) in [5, 5.41) is 4.56. The Morgan fingerprint density at radius 1 is 1.04 bits per heavy atom. The van der Waals surface area contributed by atoms with Crippen molar-refractivity contribution in [1.82, 2.24) is 5.32 Å². The molecule has 0 aliphatic rings. The van der Waals surface area contributed by atoms with Crippen molar-refractivity contribution >= 4 is 35.6 Å². The first kappa shape index (κ1) is 23.9. The van der Waals surface area contributed by atoms with Crippen molar-refractivity contribution in [3.05, 3.63) is 57.6 Å². The van der Waals surface area contributed by atoms with Crippen LogP contribution >= 0.6 is 35.6 Å². The standard InChI is InChI=1S/C20H25Cl2NO3.ClH/c1-3-25-19-12-15(13-23-9-6-10-24-2)11-18(22)20(19)26-14-16-7-4-5-8-17(16)21;/h4-5,7-8,11-12,23H,3,6,9-10,13-14H2,1-2H3;1H. The zero-order valence-corrected chi connectivity index (χ0v) is 17.9. The second kappa shape index (κ2) is 13.1. The van der Waals surface area contributed by atoms with E-state index in [0.29, 0.717) is 41.3 Å². The topological polar surface area (TPSA) is 39.7 Å². The Hall–Kier alpha value is -1.17. The van der Waals surface area contributed by atoms with Crippen molar-refractivity contribution in [2.45, 2.75) is 26.5 Å². The maximum atomic E-state index is 6.45. The second-order valence-electron chi connectivity index (χ2n) is 5.74. The molecule has 0 saturated carbocycles. The zero-order chi connectivity index (χ0) is 18.8. The van der Waals surface area contributed by atoms with Crippen LogP contribution in [0.1, 0.15) is 24.5 Å². The molecule has 0 bridgehead atoms. The van der Waals surface area contributed by atoms with Gasteiger partial charge in [0.2, 0.25) is 0 Å². The highest BCUT2D eigenvalue weighted by Gasteiger charge is 2.13. The van der Waals surface area contributed by atoms with Gasteiger partial charge < -0.3 is 19.5 Å². The summed E-state index contributed by atoms with van der Waals surface area (Å²) in [6, 6.07) is 11.4. The van der Waals surface area contributed by atoms with Gasteiger partial charge in [-0.15, -0.1) is 12.4 Å². The van der Waals surface area contributed by atoms with E-state index in [-0.39, 0.29) is 12.4 Å². The summed E-state index contributed by atoms with van der Waals surface area (Å²) in [5.41, 5.74) is 1.94. The lowest BCUT2D eigenvalue weighted by Crippen LogP contribution is -2.16. The number of nitrogens with one attached hydrogen (secondary N) is 1. The summed E-state index contributed by atoms with van der Waals surface area (Å²) in [6.45, 7) is 5.11. The predicted molar refractivity (Wildman–Crippen MR) is 114 cm³/mol. The van der Waals surface area contributed by atoms with Crippen LogP contribution in [0.4, 0.5) is 0 Å². The fourth-order valence-corrected chi connectivity index (χ4v) is 2.94. The normalized spacial score (nSPS) is 10.4. The number of hydrogen-bond donors (Lipinski definition) is 1. The first-order chi connectivity index (χ1) is 12.7. The monoisotopic (exact) mass is 433 g/mol. The van der Waals surface area contributed by atoms with Gasteiger partial charge in [0.25, 0.3) is 0 Å². The van der Waals surface area contributed by atoms with Gasteiger partial charge in [0.1, 0.15) is 6.61 Å². The SMILES string of the molecule is CCOc1cc(CNCCCOC)cc(Cl)c1OCc1ccccc1Cl.Cl. The highest BCUT2D eigenvalue weighted by Crippen LogP contribution is 2.37. The van der Waals surface area contributed by atoms with Crippen LogP contribution in [0.3, 0.4) is 0 Å². The van der Waals surface area contributed by atoms with Crippen LogP contribution in [0, 0.1) is 0 Å². The molecule has 0 radical (unpaired) electrons. The molecule has 0 aliphatic heterocycles. The molecule has 2 rings (SSSR count). The fraction of sp³-hybridized carbons (Fsp3) is 0.400. The Kier molecular flexibility index (Phi) is 11.6. The average Bonchev–Trinajstić information content (AvgIpc) is 2.62. The first-order valence-corrected chi connectivity index (χ1v) is 9.42. The number of rotatable bonds is 11. The van der Waals surface area contributed by atoms with E-state index in [9.17, 15) is 0 Å². The van der Waals surface area contributed by atoms with Crippen molar-refractivity contribution in [2.75, 3.05) is 26.9 Å². The van der Waals surface area contributed by atoms with E-state index >= 15 is 0 Å². The molecule has 0 saturated heterocycles. The largest absolute Gasteiger partial charge is 0.490 e. The molecule has 27 heavy (non-hydrogen) atoms. The van der Waals surface area contributed by atoms with Crippen LogP contribution in [-0.4, -0.2) is 26.9 Å². The van der Waals surface area contributed by atoms with Crippen molar-refractivity contribution in [2.24, 2.45) is 0 Å². The van der Waals surface area contributed by atoms with Gasteiger partial charge in [-0.05, 0) is 43.7 Å². The Morgan fingerprint density at radius 2 is 1.81 bits per heavy atom. The van der Waals surface area contributed by atoms with Crippen LogP contribution in [-0.2, 0) is 17.9 Å². The summed E-state index contributed by atoms with van der Waals surface area (Å²) < 4.78 is 16.7. The van der Waals surface area contributed by atoms with Gasteiger partial charge in [-0.2, -0.15) is 0 Å². The third-order valence-electron chi connectivity index (χ3n) is 3.73. The first-order valence-electron chi connectivity index (χ1n) is 8.66. The van der Waals surface area contributed by atoms with E-state index in [4.69, 9.17) is 37.4 Å². The van der Waals surface area contributed by atoms with Crippen molar-refractivity contribution in [3.8, 4) is 11.5 Å². The van der Waals surface area contributed by atoms with E-state index < -0.39 is 0 Å². The van der Waals surface area contributed by atoms with Gasteiger partial charge in [-0.25, -0.2) is 0 Å². The van der Waals surface area contributed by atoms with E-state index in [0.717, 1.165) is 30.7 Å². The third-order valence-corrected chi connectivity index (χ3v) is 4.38. The third kappa shape index (κ3) is 7.76. The maximum absolute atomic E-state index is 6.45. The van der Waals surface area contributed by atoms with Crippen LogP contribution in [0.25, 0.3) is 0 Å². The number of halogens is 3. The van der Waals surface area contributed by atoms with Gasteiger partial charge in [0.05, 0.1) is 11.6 Å². The average molecular weight is 435 g/mol. The number of benzene rings is 2. The van der Waals surface area contributed by atoms with Gasteiger partial charge in [-0.1, -0.05) is 41.4 Å². The Bertz CT molecular complexity index is 698. The molecule has 7 heteroatoms. The van der Waals surface area contributed by atoms with Crippen LogP contribution in [0.2, 0.25) is 10.0 Å². The molecule has 2 aromatic carbocycles. The summed E-state index contributed by atoms with van der Waals surface area (Å²) in [7, 11) is 1.70. The molecular weight excluding hydrogens is 409 g/mol. The summed E-state index contributed by atoms with van der Waals surface area (Å²) in [4.78, 5) is 0. The molecule has 0 aromatic heterocycles. The number of hydrogen-bond acceptors (Lipinski definition) is 4. The quantitative estimate of drug-likeness (QED) is 0.473. The molecule has 0 fully saturated rings. The summed E-state index contributed by atoms with van der Waals surface area (Å²) in [6.07, 6.45) is 0.960. The Morgan fingerprint density at radius 3 is 2.52 bits per heavy atom. The lowest BCUT2D eigenvalue weighted by Gasteiger charge is -2.16. The number of ether oxygens (including phenoxy) is 3. The van der Waals surface area contributed by atoms with Crippen LogP contribution in [0.5, 0.6) is 11.5 Å². The van der Waals surface area contributed by atoms with Gasteiger partial charge in [-0.3, -0.25) is 0 Å². The van der Waals surface area contributed by atoms with E-state index in [1.54, 1.807) is 7.11 Å². The van der Waals surface area contributed by atoms with Gasteiger partial charge in [0, 0.05) is 30.8 Å². The Balaban J connectivity index is 0.00000364. The summed E-state index contributed by atoms with van der Waals surface area (Å²) >= 11 is 12.6. The Labute approximate surface area is 177 Å². The minimum absolute atomic E-state index is 0. The zero-order valence-electron chi connectivity index (χ0n) is 15.6. The van der Waals surface area contributed by atoms with Crippen molar-refractivity contribution in [1.29, 1.82) is 0 Å². The van der Waals surface area contributed by atoms with Crippen molar-refractivity contribution in [3.63, 3.8) is 0 Å². The van der Waals surface area contributed by atoms with E-state index in [2.05, 4.69) is 5.32 Å². The summed E-state index contributed by atoms with van der Waals surface area (Å²) in [5.74, 6) is 1.18. The van der Waals surface area contributed by atoms with Crippen LogP contribution < -0.4 is 14.8 Å². The van der Waals surface area contributed by atoms with E-state index in [1.165, 1.54) is 0 Å². The molecule has 0 atom stereocenters. The van der Waals surface area contributed by atoms with Crippen molar-refractivity contribution < 1.29 is 14.2 Å². The predicted octanol–water partition coefficient (Wildman–Crippen LogP) is 5.52. The molecule has 0 aliphatic carbocycles. The molecule has 0 unspecified atom stereocenters. The minimum atomic E-state index is 0. The molecule has 4 nitrogen and oxygen atoms in total. The molecule has 150 valence electrons. The smallest absolute Gasteiger partial charge is 0.180 e.